The van der Waals surface area contributed by atoms with E-state index in [0.29, 0.717) is 17.5 Å². The van der Waals surface area contributed by atoms with Gasteiger partial charge in [0.25, 0.3) is 0 Å². The fraction of sp³-hybridized carbons (Fsp3) is 0.300. The molecule has 0 saturated heterocycles. The van der Waals surface area contributed by atoms with Crippen LogP contribution >= 0.6 is 0 Å². The van der Waals surface area contributed by atoms with Crippen molar-refractivity contribution in [2.24, 2.45) is 7.05 Å². The maximum absolute atomic E-state index is 11.2. The van der Waals surface area contributed by atoms with E-state index < -0.39 is 5.76 Å². The van der Waals surface area contributed by atoms with Crippen LogP contribution in [0.1, 0.15) is 5.56 Å². The van der Waals surface area contributed by atoms with Gasteiger partial charge in [-0.05, 0) is 17.7 Å². The van der Waals surface area contributed by atoms with Gasteiger partial charge < -0.3 is 4.42 Å². The van der Waals surface area contributed by atoms with Crippen LogP contribution in [0.25, 0.3) is 11.1 Å². The Morgan fingerprint density at radius 3 is 2.94 bits per heavy atom. The predicted octanol–water partition coefficient (Wildman–Crippen LogP) is 0.951. The lowest BCUT2D eigenvalue weighted by Gasteiger charge is -1.97. The molecule has 1 heterocycles. The van der Waals surface area contributed by atoms with Crippen molar-refractivity contribution in [3.05, 3.63) is 44.4 Å². The third kappa shape index (κ3) is 1.81. The standard InChI is InChI=1S/C10H10N2O4/c1-11-8-3-2-7(4-5-12(14)15)6-9(8)16-10(11)13/h2-3,6H,4-5H2,1H3. The first-order valence-corrected chi connectivity index (χ1v) is 4.78. The Bertz CT molecular complexity index is 596. The van der Waals surface area contributed by atoms with E-state index in [9.17, 15) is 14.9 Å². The van der Waals surface area contributed by atoms with Crippen molar-refractivity contribution in [1.82, 2.24) is 4.57 Å². The largest absolute Gasteiger partial charge is 0.419 e. The minimum atomic E-state index is -0.429. The van der Waals surface area contributed by atoms with E-state index >= 15 is 0 Å². The zero-order valence-electron chi connectivity index (χ0n) is 8.67. The van der Waals surface area contributed by atoms with Crippen LogP contribution in [-0.4, -0.2) is 16.0 Å². The Morgan fingerprint density at radius 2 is 2.25 bits per heavy atom. The van der Waals surface area contributed by atoms with Crippen molar-refractivity contribution in [1.29, 1.82) is 0 Å². The van der Waals surface area contributed by atoms with Crippen molar-refractivity contribution in [3.63, 3.8) is 0 Å². The van der Waals surface area contributed by atoms with Crippen molar-refractivity contribution < 1.29 is 9.34 Å². The van der Waals surface area contributed by atoms with Crippen molar-refractivity contribution >= 4 is 11.1 Å². The van der Waals surface area contributed by atoms with E-state index in [-0.39, 0.29) is 11.5 Å². The topological polar surface area (TPSA) is 78.3 Å². The van der Waals surface area contributed by atoms with E-state index in [4.69, 9.17) is 4.42 Å². The number of nitro groups is 1. The van der Waals surface area contributed by atoms with Crippen molar-refractivity contribution in [2.45, 2.75) is 6.42 Å². The number of benzene rings is 1. The summed E-state index contributed by atoms with van der Waals surface area (Å²) < 4.78 is 6.38. The first-order chi connectivity index (χ1) is 7.58. The summed E-state index contributed by atoms with van der Waals surface area (Å²) in [6, 6.07) is 5.16. The highest BCUT2D eigenvalue weighted by atomic mass is 16.6. The van der Waals surface area contributed by atoms with Crippen LogP contribution in [-0.2, 0) is 13.5 Å². The number of hydrogen-bond donors (Lipinski definition) is 0. The molecule has 0 amide bonds. The molecule has 0 aliphatic heterocycles. The first kappa shape index (κ1) is 10.4. The van der Waals surface area contributed by atoms with Crippen LogP contribution in [0.2, 0.25) is 0 Å². The second-order valence-corrected chi connectivity index (χ2v) is 3.54. The van der Waals surface area contributed by atoms with Crippen LogP contribution in [0.4, 0.5) is 0 Å². The molecule has 0 spiro atoms. The van der Waals surface area contributed by atoms with Gasteiger partial charge in [0.15, 0.2) is 5.58 Å². The van der Waals surface area contributed by atoms with Gasteiger partial charge in [0, 0.05) is 18.4 Å². The Hall–Kier alpha value is -2.11. The van der Waals surface area contributed by atoms with Gasteiger partial charge in [-0.25, -0.2) is 4.79 Å². The number of fused-ring (bicyclic) bond motifs is 1. The molecule has 6 heteroatoms. The highest BCUT2D eigenvalue weighted by Gasteiger charge is 2.07. The normalized spacial score (nSPS) is 10.8. The average molecular weight is 222 g/mol. The number of aryl methyl sites for hydroxylation is 1. The van der Waals surface area contributed by atoms with Gasteiger partial charge in [0.1, 0.15) is 0 Å². The molecule has 0 aliphatic carbocycles. The van der Waals surface area contributed by atoms with Gasteiger partial charge in [0.2, 0.25) is 6.54 Å². The molecule has 6 nitrogen and oxygen atoms in total. The molecule has 16 heavy (non-hydrogen) atoms. The van der Waals surface area contributed by atoms with Gasteiger partial charge in [-0.15, -0.1) is 0 Å². The van der Waals surface area contributed by atoms with Crippen molar-refractivity contribution in [3.8, 4) is 0 Å². The average Bonchev–Trinajstić information content (AvgIpc) is 2.52. The lowest BCUT2D eigenvalue weighted by molar-refractivity contribution is -0.479. The van der Waals surface area contributed by atoms with E-state index in [1.165, 1.54) is 4.57 Å². The highest BCUT2D eigenvalue weighted by Crippen LogP contribution is 2.14. The summed E-state index contributed by atoms with van der Waals surface area (Å²) in [7, 11) is 1.62. The van der Waals surface area contributed by atoms with Crippen molar-refractivity contribution in [2.75, 3.05) is 6.54 Å². The third-order valence-corrected chi connectivity index (χ3v) is 2.44. The summed E-state index contributed by atoms with van der Waals surface area (Å²) in [5, 5.41) is 10.2. The lowest BCUT2D eigenvalue weighted by Crippen LogP contribution is -2.08. The highest BCUT2D eigenvalue weighted by molar-refractivity contribution is 5.73. The lowest BCUT2D eigenvalue weighted by atomic mass is 10.1. The van der Waals surface area contributed by atoms with Crippen LogP contribution in [0.3, 0.4) is 0 Å². The third-order valence-electron chi connectivity index (χ3n) is 2.44. The summed E-state index contributed by atoms with van der Waals surface area (Å²) in [6.45, 7) is -0.122. The molecule has 0 bridgehead atoms. The smallest absolute Gasteiger partial charge is 0.408 e. The summed E-state index contributed by atoms with van der Waals surface area (Å²) in [6.07, 6.45) is 0.335. The molecule has 0 unspecified atom stereocenters. The molecule has 84 valence electrons. The quantitative estimate of drug-likeness (QED) is 0.572. The SMILES string of the molecule is Cn1c(=O)oc2cc(CC[N+](=O)[O-])ccc21. The minimum Gasteiger partial charge on any atom is -0.408 e. The molecule has 0 fully saturated rings. The van der Waals surface area contributed by atoms with E-state index in [0.717, 1.165) is 5.56 Å². The minimum absolute atomic E-state index is 0.122. The summed E-state index contributed by atoms with van der Waals surface area (Å²) in [5.41, 5.74) is 1.95. The molecule has 0 atom stereocenters. The van der Waals surface area contributed by atoms with Crippen LogP contribution < -0.4 is 5.76 Å². The molecule has 2 aromatic rings. The molecule has 0 N–H and O–H groups in total. The van der Waals surface area contributed by atoms with E-state index in [1.54, 1.807) is 25.2 Å². The van der Waals surface area contributed by atoms with Crippen LogP contribution in [0.15, 0.2) is 27.4 Å². The van der Waals surface area contributed by atoms with Gasteiger partial charge in [-0.2, -0.15) is 0 Å². The van der Waals surface area contributed by atoms with Crippen LogP contribution in [0.5, 0.6) is 0 Å². The monoisotopic (exact) mass is 222 g/mol. The Kier molecular flexibility index (Phi) is 2.47. The number of aromatic nitrogens is 1. The predicted molar refractivity (Wildman–Crippen MR) is 57.0 cm³/mol. The number of nitrogens with zero attached hydrogens (tertiary/aromatic N) is 2. The number of rotatable bonds is 3. The first-order valence-electron chi connectivity index (χ1n) is 4.78. The van der Waals surface area contributed by atoms with E-state index in [1.807, 2.05) is 0 Å². The van der Waals surface area contributed by atoms with Gasteiger partial charge in [-0.1, -0.05) is 6.07 Å². The fourth-order valence-corrected chi connectivity index (χ4v) is 1.55. The molecular weight excluding hydrogens is 212 g/mol. The second-order valence-electron chi connectivity index (χ2n) is 3.54. The van der Waals surface area contributed by atoms with E-state index in [2.05, 4.69) is 0 Å². The maximum Gasteiger partial charge on any atom is 0.419 e. The van der Waals surface area contributed by atoms with Gasteiger partial charge in [0.05, 0.1) is 5.52 Å². The molecule has 0 saturated carbocycles. The maximum atomic E-state index is 11.2. The molecule has 0 aliphatic rings. The Labute approximate surface area is 90.2 Å². The Balaban J connectivity index is 2.37. The summed E-state index contributed by atoms with van der Waals surface area (Å²) in [4.78, 5) is 21.1. The fourth-order valence-electron chi connectivity index (χ4n) is 1.55. The Morgan fingerprint density at radius 1 is 1.50 bits per heavy atom. The summed E-state index contributed by atoms with van der Waals surface area (Å²) >= 11 is 0. The molecule has 1 aromatic heterocycles. The number of hydrogen-bond acceptors (Lipinski definition) is 4. The molecule has 1 aromatic carbocycles. The summed E-state index contributed by atoms with van der Waals surface area (Å²) in [5.74, 6) is -0.429. The molecular formula is C10H10N2O4. The van der Waals surface area contributed by atoms with Gasteiger partial charge >= 0.3 is 5.76 Å². The zero-order valence-corrected chi connectivity index (χ0v) is 8.67. The molecule has 0 radical (unpaired) electrons. The number of oxazole rings is 1. The van der Waals surface area contributed by atoms with Crippen LogP contribution in [0, 0.1) is 10.1 Å². The second kappa shape index (κ2) is 3.80. The van der Waals surface area contributed by atoms with Gasteiger partial charge in [-0.3, -0.25) is 14.7 Å². The molecule has 2 rings (SSSR count). The zero-order chi connectivity index (χ0) is 11.7.